The molecule has 0 heterocycles. The van der Waals surface area contributed by atoms with Gasteiger partial charge in [-0.15, -0.1) is 0 Å². The Kier molecular flexibility index (Phi) is 5.00. The normalized spacial score (nSPS) is 11.1. The fourth-order valence-electron chi connectivity index (χ4n) is 1.26. The predicted molar refractivity (Wildman–Crippen MR) is 60.4 cm³/mol. The minimum Gasteiger partial charge on any atom is -0.492 e. The van der Waals surface area contributed by atoms with Crippen molar-refractivity contribution in [1.82, 2.24) is 5.32 Å². The first-order chi connectivity index (χ1) is 8.43. The summed E-state index contributed by atoms with van der Waals surface area (Å²) in [6.07, 6.45) is -3.94. The molecule has 0 atom stereocenters. The van der Waals surface area contributed by atoms with Crippen molar-refractivity contribution in [2.24, 2.45) is 0 Å². The Hall–Kier alpha value is -1.72. The molecule has 0 saturated heterocycles. The van der Waals surface area contributed by atoms with Gasteiger partial charge in [0.15, 0.2) is 0 Å². The molecule has 1 aromatic rings. The summed E-state index contributed by atoms with van der Waals surface area (Å²) in [4.78, 5) is 10.5. The van der Waals surface area contributed by atoms with Gasteiger partial charge in [-0.25, -0.2) is 0 Å². The molecule has 100 valence electrons. The second-order valence-electron chi connectivity index (χ2n) is 3.60. The van der Waals surface area contributed by atoms with Crippen LogP contribution in [-0.4, -0.2) is 25.2 Å². The van der Waals surface area contributed by atoms with Crippen LogP contribution in [0, 0.1) is 0 Å². The van der Waals surface area contributed by atoms with Crippen LogP contribution >= 0.6 is 0 Å². The summed E-state index contributed by atoms with van der Waals surface area (Å²) in [6.45, 7) is 1.82. The van der Waals surface area contributed by atoms with Crippen molar-refractivity contribution in [3.05, 3.63) is 29.8 Å². The van der Waals surface area contributed by atoms with Crippen LogP contribution in [0.15, 0.2) is 24.3 Å². The highest BCUT2D eigenvalue weighted by Gasteiger charge is 2.38. The van der Waals surface area contributed by atoms with E-state index in [1.807, 2.05) is 19.1 Å². The SMILES string of the molecule is CCc1ccc(OCCNC(=O)C(F)(F)F)cc1. The van der Waals surface area contributed by atoms with E-state index in [4.69, 9.17) is 4.74 Å². The van der Waals surface area contributed by atoms with E-state index < -0.39 is 12.1 Å². The number of benzene rings is 1. The number of amides is 1. The summed E-state index contributed by atoms with van der Waals surface area (Å²) in [6, 6.07) is 7.24. The van der Waals surface area contributed by atoms with Gasteiger partial charge in [-0.05, 0) is 24.1 Å². The molecular formula is C12H14F3NO2. The molecule has 0 aliphatic heterocycles. The molecule has 0 fully saturated rings. The quantitative estimate of drug-likeness (QED) is 0.826. The smallest absolute Gasteiger partial charge is 0.471 e. The van der Waals surface area contributed by atoms with Gasteiger partial charge in [-0.2, -0.15) is 13.2 Å². The second-order valence-corrected chi connectivity index (χ2v) is 3.60. The minimum atomic E-state index is -4.84. The maximum Gasteiger partial charge on any atom is 0.471 e. The van der Waals surface area contributed by atoms with E-state index in [-0.39, 0.29) is 13.2 Å². The molecule has 0 saturated carbocycles. The Balaban J connectivity index is 2.27. The number of aryl methyl sites for hydroxylation is 1. The summed E-state index contributed by atoms with van der Waals surface area (Å²) < 4.78 is 40.7. The summed E-state index contributed by atoms with van der Waals surface area (Å²) in [7, 11) is 0. The van der Waals surface area contributed by atoms with Crippen LogP contribution < -0.4 is 10.1 Å². The van der Waals surface area contributed by atoms with Gasteiger partial charge in [0.2, 0.25) is 0 Å². The molecule has 1 amide bonds. The lowest BCUT2D eigenvalue weighted by Gasteiger charge is -2.09. The lowest BCUT2D eigenvalue weighted by Crippen LogP contribution is -2.38. The number of nitrogens with one attached hydrogen (secondary N) is 1. The zero-order valence-electron chi connectivity index (χ0n) is 9.88. The number of carbonyl (C=O) groups is 1. The molecule has 0 aliphatic carbocycles. The molecule has 1 aromatic carbocycles. The van der Waals surface area contributed by atoms with Gasteiger partial charge in [0.05, 0.1) is 6.54 Å². The third kappa shape index (κ3) is 4.65. The van der Waals surface area contributed by atoms with Gasteiger partial charge >= 0.3 is 12.1 Å². The molecular weight excluding hydrogens is 247 g/mol. The number of halogens is 3. The number of alkyl halides is 3. The first-order valence-electron chi connectivity index (χ1n) is 5.50. The van der Waals surface area contributed by atoms with Crippen LogP contribution in [0.5, 0.6) is 5.75 Å². The number of hydrogen-bond donors (Lipinski definition) is 1. The van der Waals surface area contributed by atoms with E-state index in [2.05, 4.69) is 0 Å². The van der Waals surface area contributed by atoms with E-state index in [1.54, 1.807) is 17.4 Å². The lowest BCUT2D eigenvalue weighted by molar-refractivity contribution is -0.173. The third-order valence-electron chi connectivity index (χ3n) is 2.25. The van der Waals surface area contributed by atoms with E-state index in [0.29, 0.717) is 5.75 Å². The number of hydrogen-bond acceptors (Lipinski definition) is 2. The van der Waals surface area contributed by atoms with Gasteiger partial charge in [-0.1, -0.05) is 19.1 Å². The molecule has 3 nitrogen and oxygen atoms in total. The molecule has 0 aliphatic rings. The van der Waals surface area contributed by atoms with Gasteiger partial charge in [0.1, 0.15) is 12.4 Å². The van der Waals surface area contributed by atoms with Gasteiger partial charge in [0, 0.05) is 0 Å². The van der Waals surface area contributed by atoms with Crippen molar-refractivity contribution in [3.8, 4) is 5.75 Å². The molecule has 1 N–H and O–H groups in total. The first-order valence-corrected chi connectivity index (χ1v) is 5.50. The van der Waals surface area contributed by atoms with E-state index in [0.717, 1.165) is 12.0 Å². The standard InChI is InChI=1S/C12H14F3NO2/c1-2-9-3-5-10(6-4-9)18-8-7-16-11(17)12(13,14)15/h3-6H,2,7-8H2,1H3,(H,16,17). The summed E-state index contributed by atoms with van der Waals surface area (Å²) >= 11 is 0. The van der Waals surface area contributed by atoms with Gasteiger partial charge in [0.25, 0.3) is 0 Å². The largest absolute Gasteiger partial charge is 0.492 e. The predicted octanol–water partition coefficient (Wildman–Crippen LogP) is 2.31. The monoisotopic (exact) mass is 261 g/mol. The van der Waals surface area contributed by atoms with E-state index in [1.165, 1.54) is 0 Å². The Bertz CT molecular complexity index is 387. The van der Waals surface area contributed by atoms with Crippen molar-refractivity contribution < 1.29 is 22.7 Å². The van der Waals surface area contributed by atoms with Crippen LogP contribution in [-0.2, 0) is 11.2 Å². The van der Waals surface area contributed by atoms with E-state index in [9.17, 15) is 18.0 Å². The summed E-state index contributed by atoms with van der Waals surface area (Å²) in [5, 5.41) is 1.73. The highest BCUT2D eigenvalue weighted by atomic mass is 19.4. The third-order valence-corrected chi connectivity index (χ3v) is 2.25. The van der Waals surface area contributed by atoms with Crippen LogP contribution in [0.4, 0.5) is 13.2 Å². The fourth-order valence-corrected chi connectivity index (χ4v) is 1.26. The Labute approximate surface area is 103 Å². The molecule has 0 radical (unpaired) electrons. The molecule has 0 bridgehead atoms. The Morgan fingerprint density at radius 1 is 1.28 bits per heavy atom. The van der Waals surface area contributed by atoms with Crippen molar-refractivity contribution in [2.45, 2.75) is 19.5 Å². The van der Waals surface area contributed by atoms with Crippen LogP contribution in [0.3, 0.4) is 0 Å². The second kappa shape index (κ2) is 6.28. The molecule has 0 spiro atoms. The molecule has 0 aromatic heterocycles. The summed E-state index contributed by atoms with van der Waals surface area (Å²) in [5.74, 6) is -1.39. The highest BCUT2D eigenvalue weighted by molar-refractivity contribution is 5.81. The molecule has 1 rings (SSSR count). The average Bonchev–Trinajstić information content (AvgIpc) is 2.34. The topological polar surface area (TPSA) is 38.3 Å². The average molecular weight is 261 g/mol. The summed E-state index contributed by atoms with van der Waals surface area (Å²) in [5.41, 5.74) is 1.15. The maximum absolute atomic E-state index is 11.8. The van der Waals surface area contributed by atoms with E-state index >= 15 is 0 Å². The minimum absolute atomic E-state index is 0.00666. The molecule has 6 heteroatoms. The fraction of sp³-hybridized carbons (Fsp3) is 0.417. The number of rotatable bonds is 5. The van der Waals surface area contributed by atoms with Crippen LogP contribution in [0.2, 0.25) is 0 Å². The van der Waals surface area contributed by atoms with Crippen molar-refractivity contribution in [1.29, 1.82) is 0 Å². The van der Waals surface area contributed by atoms with Crippen LogP contribution in [0.1, 0.15) is 12.5 Å². The first kappa shape index (κ1) is 14.3. The van der Waals surface area contributed by atoms with Crippen molar-refractivity contribution in [2.75, 3.05) is 13.2 Å². The van der Waals surface area contributed by atoms with Gasteiger partial charge in [-0.3, -0.25) is 4.79 Å². The van der Waals surface area contributed by atoms with Crippen molar-refractivity contribution >= 4 is 5.91 Å². The van der Waals surface area contributed by atoms with Crippen LogP contribution in [0.25, 0.3) is 0 Å². The lowest BCUT2D eigenvalue weighted by atomic mass is 10.2. The highest BCUT2D eigenvalue weighted by Crippen LogP contribution is 2.14. The zero-order valence-corrected chi connectivity index (χ0v) is 9.88. The van der Waals surface area contributed by atoms with Gasteiger partial charge < -0.3 is 10.1 Å². The molecule has 0 unspecified atom stereocenters. The number of ether oxygens (including phenoxy) is 1. The van der Waals surface area contributed by atoms with Crippen molar-refractivity contribution in [3.63, 3.8) is 0 Å². The maximum atomic E-state index is 11.8. The number of carbonyl (C=O) groups excluding carboxylic acids is 1. The Morgan fingerprint density at radius 3 is 2.39 bits per heavy atom. The zero-order chi connectivity index (χ0) is 13.6. The molecule has 18 heavy (non-hydrogen) atoms. The Morgan fingerprint density at radius 2 is 1.89 bits per heavy atom.